The highest BCUT2D eigenvalue weighted by molar-refractivity contribution is 6.08. The molecule has 0 unspecified atom stereocenters. The first kappa shape index (κ1) is 22.1. The summed E-state index contributed by atoms with van der Waals surface area (Å²) in [6, 6.07) is 34.6. The molecule has 5 aromatic rings. The number of rotatable bonds is 4. The highest BCUT2D eigenvalue weighted by atomic mass is 16.6. The molecule has 0 radical (unpaired) electrons. The van der Waals surface area contributed by atoms with E-state index < -0.39 is 24.1 Å². The molecule has 0 N–H and O–H groups in total. The molecule has 0 fully saturated rings. The van der Waals surface area contributed by atoms with Crippen LogP contribution in [0.2, 0.25) is 0 Å². The molecule has 2 atom stereocenters. The van der Waals surface area contributed by atoms with Gasteiger partial charge in [0.25, 0.3) is 0 Å². The molecule has 1 aliphatic rings. The fourth-order valence-electron chi connectivity index (χ4n) is 5.05. The van der Waals surface area contributed by atoms with Crippen LogP contribution in [0.1, 0.15) is 44.4 Å². The number of ether oxygens (including phenoxy) is 2. The second-order valence-electron chi connectivity index (χ2n) is 9.10. The largest absolute Gasteiger partial charge is 0.454 e. The van der Waals surface area contributed by atoms with Crippen molar-refractivity contribution < 1.29 is 19.1 Å². The molecular formula is C32H24O4. The average molecular weight is 473 g/mol. The summed E-state index contributed by atoms with van der Waals surface area (Å²) in [5.41, 5.74) is 2.93. The van der Waals surface area contributed by atoms with Crippen LogP contribution in [-0.4, -0.2) is 18.0 Å². The van der Waals surface area contributed by atoms with Crippen LogP contribution in [0.25, 0.3) is 21.5 Å². The van der Waals surface area contributed by atoms with Gasteiger partial charge >= 0.3 is 11.9 Å². The molecule has 4 heteroatoms. The zero-order valence-corrected chi connectivity index (χ0v) is 19.6. The molecule has 176 valence electrons. The molecule has 4 nitrogen and oxygen atoms in total. The Kier molecular flexibility index (Phi) is 5.70. The lowest BCUT2D eigenvalue weighted by atomic mass is 9.84. The van der Waals surface area contributed by atoms with Gasteiger partial charge in [0.05, 0.1) is 11.1 Å². The summed E-state index contributed by atoms with van der Waals surface area (Å²) >= 11 is 0. The monoisotopic (exact) mass is 472 g/mol. The lowest BCUT2D eigenvalue weighted by Gasteiger charge is -2.33. The Labute approximate surface area is 209 Å². The van der Waals surface area contributed by atoms with E-state index in [0.717, 1.165) is 22.9 Å². The van der Waals surface area contributed by atoms with Crippen molar-refractivity contribution in [3.8, 4) is 0 Å². The van der Waals surface area contributed by atoms with Gasteiger partial charge in [0.15, 0.2) is 6.10 Å². The van der Waals surface area contributed by atoms with E-state index in [1.54, 1.807) is 48.5 Å². The first-order chi connectivity index (χ1) is 17.7. The van der Waals surface area contributed by atoms with Crippen LogP contribution >= 0.6 is 0 Å². The van der Waals surface area contributed by atoms with Crippen molar-refractivity contribution in [1.82, 2.24) is 0 Å². The Morgan fingerprint density at radius 2 is 1.22 bits per heavy atom. The Bertz CT molecular complexity index is 1570. The van der Waals surface area contributed by atoms with Gasteiger partial charge in [0.2, 0.25) is 0 Å². The number of carbonyl (C=O) groups is 2. The van der Waals surface area contributed by atoms with Gasteiger partial charge in [-0.3, -0.25) is 0 Å². The highest BCUT2D eigenvalue weighted by Gasteiger charge is 2.36. The summed E-state index contributed by atoms with van der Waals surface area (Å²) < 4.78 is 12.0. The van der Waals surface area contributed by atoms with Crippen molar-refractivity contribution in [1.29, 1.82) is 0 Å². The third kappa shape index (κ3) is 4.11. The molecule has 0 aromatic heterocycles. The summed E-state index contributed by atoms with van der Waals surface area (Å²) in [4.78, 5) is 26.0. The van der Waals surface area contributed by atoms with Gasteiger partial charge in [-0.2, -0.15) is 0 Å². The number of carbonyl (C=O) groups excluding carboxylic acids is 2. The Morgan fingerprint density at radius 3 is 1.94 bits per heavy atom. The predicted octanol–water partition coefficient (Wildman–Crippen LogP) is 7.06. The second-order valence-corrected chi connectivity index (χ2v) is 9.10. The maximum atomic E-state index is 13.1. The molecule has 6 rings (SSSR count). The van der Waals surface area contributed by atoms with Crippen molar-refractivity contribution in [2.75, 3.05) is 0 Å². The SMILES string of the molecule is O=C(O[C@H]1CCc2cc3c(ccc4ccccc43)cc2[C@@H]1OC(=O)c1ccccc1)c1ccccc1. The summed E-state index contributed by atoms with van der Waals surface area (Å²) in [5.74, 6) is -0.857. The van der Waals surface area contributed by atoms with Gasteiger partial charge < -0.3 is 9.47 Å². The van der Waals surface area contributed by atoms with Crippen molar-refractivity contribution >= 4 is 33.5 Å². The van der Waals surface area contributed by atoms with Crippen LogP contribution in [0.5, 0.6) is 0 Å². The molecule has 0 saturated heterocycles. The van der Waals surface area contributed by atoms with Gasteiger partial charge in [-0.25, -0.2) is 9.59 Å². The van der Waals surface area contributed by atoms with E-state index in [9.17, 15) is 9.59 Å². The van der Waals surface area contributed by atoms with E-state index in [4.69, 9.17) is 9.47 Å². The number of hydrogen-bond acceptors (Lipinski definition) is 4. The van der Waals surface area contributed by atoms with Crippen molar-refractivity contribution in [3.63, 3.8) is 0 Å². The minimum atomic E-state index is -0.704. The Morgan fingerprint density at radius 1 is 0.611 bits per heavy atom. The van der Waals surface area contributed by atoms with Crippen molar-refractivity contribution in [2.45, 2.75) is 25.0 Å². The zero-order valence-electron chi connectivity index (χ0n) is 19.6. The van der Waals surface area contributed by atoms with Gasteiger partial charge in [-0.1, -0.05) is 78.9 Å². The van der Waals surface area contributed by atoms with Crippen LogP contribution in [0, 0.1) is 0 Å². The first-order valence-corrected chi connectivity index (χ1v) is 12.1. The van der Waals surface area contributed by atoms with Crippen molar-refractivity contribution in [2.24, 2.45) is 0 Å². The molecule has 1 aliphatic carbocycles. The summed E-state index contributed by atoms with van der Waals surface area (Å²) in [6.07, 6.45) is -0.00405. The van der Waals surface area contributed by atoms with Gasteiger partial charge in [-0.15, -0.1) is 0 Å². The lowest BCUT2D eigenvalue weighted by Crippen LogP contribution is -2.33. The maximum Gasteiger partial charge on any atom is 0.338 e. The second kappa shape index (κ2) is 9.31. The predicted molar refractivity (Wildman–Crippen MR) is 140 cm³/mol. The number of esters is 2. The normalized spacial score (nSPS) is 16.9. The standard InChI is InChI=1S/C32H24O4/c33-31(22-10-3-1-4-11-22)35-29-18-17-25-19-27-24(16-15-21-9-7-8-14-26(21)27)20-28(25)30(29)36-32(34)23-12-5-2-6-13-23/h1-16,19-20,29-30H,17-18H2/t29-,30-/m0/s1. The molecule has 0 amide bonds. The average Bonchev–Trinajstić information content (AvgIpc) is 2.94. The van der Waals surface area contributed by atoms with E-state index in [0.29, 0.717) is 17.5 Å². The van der Waals surface area contributed by atoms with Crippen molar-refractivity contribution in [3.05, 3.63) is 131 Å². The fourth-order valence-corrected chi connectivity index (χ4v) is 5.05. The fraction of sp³-hybridized carbons (Fsp3) is 0.125. The van der Waals surface area contributed by atoms with Gasteiger partial charge in [-0.05, 0) is 70.3 Å². The zero-order chi connectivity index (χ0) is 24.5. The molecule has 0 saturated carbocycles. The molecular weight excluding hydrogens is 448 g/mol. The Balaban J connectivity index is 1.41. The van der Waals surface area contributed by atoms with Crippen LogP contribution in [-0.2, 0) is 15.9 Å². The van der Waals surface area contributed by atoms with E-state index in [-0.39, 0.29) is 0 Å². The van der Waals surface area contributed by atoms with E-state index in [1.807, 2.05) is 24.3 Å². The minimum absolute atomic E-state index is 0.420. The number of benzene rings is 5. The summed E-state index contributed by atoms with van der Waals surface area (Å²) in [7, 11) is 0. The number of fused-ring (bicyclic) bond motifs is 4. The molecule has 36 heavy (non-hydrogen) atoms. The van der Waals surface area contributed by atoms with E-state index in [1.165, 1.54) is 16.2 Å². The molecule has 0 aliphatic heterocycles. The highest BCUT2D eigenvalue weighted by Crippen LogP contribution is 2.39. The molecule has 0 heterocycles. The van der Waals surface area contributed by atoms with Gasteiger partial charge in [0, 0.05) is 5.56 Å². The number of hydrogen-bond donors (Lipinski definition) is 0. The number of aryl methyl sites for hydroxylation is 1. The third-order valence-corrected chi connectivity index (χ3v) is 6.86. The minimum Gasteiger partial charge on any atom is -0.454 e. The summed E-state index contributed by atoms with van der Waals surface area (Å²) in [5, 5.41) is 4.60. The molecule has 0 spiro atoms. The molecule has 5 aromatic carbocycles. The van der Waals surface area contributed by atoms with Gasteiger partial charge in [0.1, 0.15) is 6.10 Å². The summed E-state index contributed by atoms with van der Waals surface area (Å²) in [6.45, 7) is 0. The van der Waals surface area contributed by atoms with Crippen LogP contribution in [0.15, 0.2) is 109 Å². The maximum absolute atomic E-state index is 13.1. The van der Waals surface area contributed by atoms with E-state index in [2.05, 4.69) is 36.4 Å². The van der Waals surface area contributed by atoms with Crippen LogP contribution < -0.4 is 0 Å². The van der Waals surface area contributed by atoms with E-state index >= 15 is 0 Å². The molecule has 0 bridgehead atoms. The van der Waals surface area contributed by atoms with Crippen LogP contribution in [0.3, 0.4) is 0 Å². The smallest absolute Gasteiger partial charge is 0.338 e. The van der Waals surface area contributed by atoms with Crippen LogP contribution in [0.4, 0.5) is 0 Å². The first-order valence-electron chi connectivity index (χ1n) is 12.1. The quantitative estimate of drug-likeness (QED) is 0.207. The Hall–Kier alpha value is -4.44. The lowest BCUT2D eigenvalue weighted by molar-refractivity contribution is -0.0436. The topological polar surface area (TPSA) is 52.6 Å². The third-order valence-electron chi connectivity index (χ3n) is 6.86.